The molecule has 246 valence electrons. The minimum Gasteiger partial charge on any atom is -0.458 e. The number of para-hydroxylation sites is 2. The molecule has 0 fully saturated rings. The molecular weight excluding hydrogens is 702 g/mol. The molecular formula is C34H26Cl4N4O6. The lowest BCUT2D eigenvalue weighted by Gasteiger charge is -2.17. The summed E-state index contributed by atoms with van der Waals surface area (Å²) in [4.78, 5) is 26.1. The summed E-state index contributed by atoms with van der Waals surface area (Å²) in [6.07, 6.45) is -3.13. The van der Waals surface area contributed by atoms with Crippen LogP contribution in [0.25, 0.3) is 21.8 Å². The van der Waals surface area contributed by atoms with Crippen molar-refractivity contribution in [3.8, 4) is 0 Å². The summed E-state index contributed by atoms with van der Waals surface area (Å²) >= 11 is 24.6. The molecule has 0 aliphatic carbocycles. The number of carbonyl (C=O) groups excluding carboxylic acids is 2. The second-order valence-corrected chi connectivity index (χ2v) is 12.7. The number of benzene rings is 4. The van der Waals surface area contributed by atoms with Gasteiger partial charge in [-0.15, -0.1) is 0 Å². The van der Waals surface area contributed by atoms with E-state index in [1.165, 1.54) is 0 Å². The maximum Gasteiger partial charge on any atom is 0.359 e. The number of fused-ring (bicyclic) bond motifs is 2. The SMILES string of the molecule is O=C(OC[C@@H](O)[C@H](O)COC(=O)c1nn(Cc2cc(Cl)cc(Cl)c2)c2ccccc12)c1nn(Cc2cc(Cl)cc(Cl)c2)c2ccccc12. The van der Waals surface area contributed by atoms with Crippen molar-refractivity contribution < 1.29 is 29.3 Å². The fraction of sp³-hybridized carbons (Fsp3) is 0.176. The van der Waals surface area contributed by atoms with Gasteiger partial charge in [0.05, 0.1) is 24.1 Å². The molecule has 2 heterocycles. The first kappa shape index (κ1) is 33.7. The van der Waals surface area contributed by atoms with E-state index in [0.717, 1.165) is 11.1 Å². The Morgan fingerprint density at radius 3 is 1.33 bits per heavy atom. The summed E-state index contributed by atoms with van der Waals surface area (Å²) < 4.78 is 13.8. The zero-order valence-corrected chi connectivity index (χ0v) is 27.9. The molecule has 0 amide bonds. The smallest absolute Gasteiger partial charge is 0.359 e. The molecule has 0 saturated carbocycles. The topological polar surface area (TPSA) is 129 Å². The van der Waals surface area contributed by atoms with Crippen LogP contribution in [0.2, 0.25) is 20.1 Å². The first-order chi connectivity index (χ1) is 23.0. The molecule has 0 aliphatic rings. The third kappa shape index (κ3) is 7.60. The molecule has 4 aromatic carbocycles. The fourth-order valence-electron chi connectivity index (χ4n) is 5.23. The van der Waals surface area contributed by atoms with Gasteiger partial charge in [-0.3, -0.25) is 9.36 Å². The van der Waals surface area contributed by atoms with Gasteiger partial charge >= 0.3 is 11.9 Å². The minimum absolute atomic E-state index is 0.0225. The van der Waals surface area contributed by atoms with Crippen LogP contribution < -0.4 is 0 Å². The first-order valence-electron chi connectivity index (χ1n) is 14.6. The van der Waals surface area contributed by atoms with Crippen LogP contribution in [0, 0.1) is 0 Å². The Morgan fingerprint density at radius 2 is 0.958 bits per heavy atom. The zero-order valence-electron chi connectivity index (χ0n) is 24.9. The Hall–Kier alpha value is -4.16. The van der Waals surface area contributed by atoms with E-state index in [1.807, 2.05) is 12.1 Å². The van der Waals surface area contributed by atoms with E-state index in [9.17, 15) is 19.8 Å². The molecule has 48 heavy (non-hydrogen) atoms. The van der Waals surface area contributed by atoms with Crippen LogP contribution in [0.4, 0.5) is 0 Å². The highest BCUT2D eigenvalue weighted by Crippen LogP contribution is 2.25. The Bertz CT molecular complexity index is 1960. The van der Waals surface area contributed by atoms with Crippen LogP contribution >= 0.6 is 46.4 Å². The minimum atomic E-state index is -1.56. The summed E-state index contributed by atoms with van der Waals surface area (Å²) in [7, 11) is 0. The number of hydrogen-bond acceptors (Lipinski definition) is 8. The quantitative estimate of drug-likeness (QED) is 0.139. The molecule has 6 rings (SSSR count). The zero-order chi connectivity index (χ0) is 33.9. The molecule has 0 aliphatic heterocycles. The van der Waals surface area contributed by atoms with Gasteiger partial charge in [-0.25, -0.2) is 9.59 Å². The third-order valence-electron chi connectivity index (χ3n) is 7.43. The summed E-state index contributed by atoms with van der Waals surface area (Å²) in [5.41, 5.74) is 2.93. The number of esters is 2. The largest absolute Gasteiger partial charge is 0.458 e. The molecule has 2 N–H and O–H groups in total. The van der Waals surface area contributed by atoms with Gasteiger partial charge in [0.15, 0.2) is 11.4 Å². The van der Waals surface area contributed by atoms with Gasteiger partial charge < -0.3 is 19.7 Å². The van der Waals surface area contributed by atoms with Crippen LogP contribution in [0.5, 0.6) is 0 Å². The van der Waals surface area contributed by atoms with E-state index in [2.05, 4.69) is 10.2 Å². The summed E-state index contributed by atoms with van der Waals surface area (Å²) in [6.45, 7) is -0.600. The lowest BCUT2D eigenvalue weighted by atomic mass is 10.2. The van der Waals surface area contributed by atoms with Crippen molar-refractivity contribution in [3.63, 3.8) is 0 Å². The average molecular weight is 728 g/mol. The average Bonchev–Trinajstić information content (AvgIpc) is 3.60. The molecule has 0 saturated heterocycles. The van der Waals surface area contributed by atoms with Crippen molar-refractivity contribution in [2.24, 2.45) is 0 Å². The lowest BCUT2D eigenvalue weighted by Crippen LogP contribution is -2.36. The summed E-state index contributed by atoms with van der Waals surface area (Å²) in [5.74, 6) is -1.62. The van der Waals surface area contributed by atoms with Crippen LogP contribution in [0.3, 0.4) is 0 Å². The van der Waals surface area contributed by atoms with Crippen molar-refractivity contribution in [2.75, 3.05) is 13.2 Å². The second-order valence-electron chi connectivity index (χ2n) is 10.9. The Kier molecular flexibility index (Phi) is 10.2. The second kappa shape index (κ2) is 14.5. The molecule has 0 radical (unpaired) electrons. The summed E-state index contributed by atoms with van der Waals surface area (Å²) in [5, 5.41) is 32.9. The van der Waals surface area contributed by atoms with Gasteiger partial charge in [0.1, 0.15) is 25.4 Å². The number of ether oxygens (including phenoxy) is 2. The van der Waals surface area contributed by atoms with Gasteiger partial charge in [0, 0.05) is 30.9 Å². The number of aliphatic hydroxyl groups excluding tert-OH is 2. The number of halogens is 4. The molecule has 0 spiro atoms. The highest BCUT2D eigenvalue weighted by atomic mass is 35.5. The maximum atomic E-state index is 13.1. The van der Waals surface area contributed by atoms with E-state index in [1.54, 1.807) is 82.2 Å². The van der Waals surface area contributed by atoms with Gasteiger partial charge in [-0.1, -0.05) is 82.8 Å². The van der Waals surface area contributed by atoms with E-state index in [4.69, 9.17) is 55.9 Å². The van der Waals surface area contributed by atoms with Crippen molar-refractivity contribution >= 4 is 80.1 Å². The monoisotopic (exact) mass is 726 g/mol. The number of carbonyl (C=O) groups is 2. The van der Waals surface area contributed by atoms with E-state index in [-0.39, 0.29) is 24.5 Å². The van der Waals surface area contributed by atoms with Crippen LogP contribution in [0.15, 0.2) is 84.9 Å². The summed E-state index contributed by atoms with van der Waals surface area (Å²) in [6, 6.07) is 24.4. The lowest BCUT2D eigenvalue weighted by molar-refractivity contribution is -0.0531. The van der Waals surface area contributed by atoms with Gasteiger partial charge in [0.25, 0.3) is 0 Å². The van der Waals surface area contributed by atoms with Crippen molar-refractivity contribution in [3.05, 3.63) is 128 Å². The molecule has 0 unspecified atom stereocenters. The number of rotatable bonds is 11. The number of aromatic nitrogens is 4. The predicted octanol–water partition coefficient (Wildman–Crippen LogP) is 6.83. The number of nitrogens with zero attached hydrogens (tertiary/aromatic N) is 4. The highest BCUT2D eigenvalue weighted by molar-refractivity contribution is 6.35. The molecule has 14 heteroatoms. The predicted molar refractivity (Wildman–Crippen MR) is 183 cm³/mol. The Labute approximate surface area is 293 Å². The highest BCUT2D eigenvalue weighted by Gasteiger charge is 2.25. The van der Waals surface area contributed by atoms with Gasteiger partial charge in [0.2, 0.25) is 0 Å². The van der Waals surface area contributed by atoms with Crippen LogP contribution in [0.1, 0.15) is 32.1 Å². The van der Waals surface area contributed by atoms with Gasteiger partial charge in [-0.2, -0.15) is 10.2 Å². The third-order valence-corrected chi connectivity index (χ3v) is 8.30. The normalized spacial score (nSPS) is 12.7. The molecule has 6 aromatic rings. The maximum absolute atomic E-state index is 13.1. The standard InChI is InChI=1S/C34H26Cl4N4O6/c35-21-9-19(10-22(36)13-21)15-41-27-7-3-1-5-25(27)31(39-41)33(45)47-17-29(43)30(44)18-48-34(46)32-26-6-2-4-8-28(26)42(40-32)16-20-11-23(37)14-24(38)12-20/h1-14,29-30,43-44H,15-18H2/t29-,30-/m1/s1. The van der Waals surface area contributed by atoms with Gasteiger partial charge in [-0.05, 0) is 59.7 Å². The van der Waals surface area contributed by atoms with Crippen molar-refractivity contribution in [1.82, 2.24) is 19.6 Å². The molecule has 2 atom stereocenters. The van der Waals surface area contributed by atoms with Crippen molar-refractivity contribution in [1.29, 1.82) is 0 Å². The molecule has 2 aromatic heterocycles. The first-order valence-corrected chi connectivity index (χ1v) is 16.1. The van der Waals surface area contributed by atoms with E-state index >= 15 is 0 Å². The number of hydrogen-bond donors (Lipinski definition) is 2. The Balaban J connectivity index is 1.09. The van der Waals surface area contributed by atoms with Crippen LogP contribution in [-0.2, 0) is 22.6 Å². The van der Waals surface area contributed by atoms with E-state index < -0.39 is 37.4 Å². The fourth-order valence-corrected chi connectivity index (χ4v) is 6.37. The van der Waals surface area contributed by atoms with E-state index in [0.29, 0.717) is 41.9 Å². The Morgan fingerprint density at radius 1 is 0.604 bits per heavy atom. The number of aliphatic hydroxyl groups is 2. The van der Waals surface area contributed by atoms with Crippen LogP contribution in [-0.4, -0.2) is 67.1 Å². The molecule has 0 bridgehead atoms. The van der Waals surface area contributed by atoms with Crippen molar-refractivity contribution in [2.45, 2.75) is 25.3 Å². The molecule has 10 nitrogen and oxygen atoms in total.